The number of hydrogen-bond acceptors (Lipinski definition) is 3. The van der Waals surface area contributed by atoms with E-state index in [4.69, 9.17) is 11.6 Å². The molecule has 0 atom stereocenters. The Bertz CT molecular complexity index is 421. The molecular formula is C10H11ClN2O3. The number of carbonyl (C=O) groups is 1. The van der Waals surface area contributed by atoms with Crippen molar-refractivity contribution < 1.29 is 9.72 Å². The van der Waals surface area contributed by atoms with E-state index in [1.165, 1.54) is 6.07 Å². The Morgan fingerprint density at radius 1 is 1.56 bits per heavy atom. The van der Waals surface area contributed by atoms with Crippen LogP contribution in [-0.2, 0) is 11.2 Å². The minimum Gasteiger partial charge on any atom is -0.325 e. The first-order chi connectivity index (χ1) is 7.58. The number of nitro benzene ring substituents is 1. The van der Waals surface area contributed by atoms with Crippen molar-refractivity contribution in [3.05, 3.63) is 33.9 Å². The van der Waals surface area contributed by atoms with Crippen molar-refractivity contribution in [2.24, 2.45) is 0 Å². The Labute approximate surface area is 97.6 Å². The molecule has 0 aliphatic heterocycles. The molecule has 6 heteroatoms. The van der Waals surface area contributed by atoms with Gasteiger partial charge in [0.1, 0.15) is 5.88 Å². The molecule has 0 fully saturated rings. The van der Waals surface area contributed by atoms with Gasteiger partial charge in [0.2, 0.25) is 5.91 Å². The first kappa shape index (κ1) is 12.4. The fourth-order valence-corrected chi connectivity index (χ4v) is 1.37. The summed E-state index contributed by atoms with van der Waals surface area (Å²) in [5.41, 5.74) is 1.03. The summed E-state index contributed by atoms with van der Waals surface area (Å²) in [5, 5.41) is 13.2. The maximum Gasteiger partial charge on any atom is 0.274 e. The number of alkyl halides is 1. The summed E-state index contributed by atoms with van der Waals surface area (Å²) in [7, 11) is 0. The van der Waals surface area contributed by atoms with E-state index in [0.717, 1.165) is 0 Å². The van der Waals surface area contributed by atoms with E-state index in [1.807, 2.05) is 6.92 Å². The fourth-order valence-electron chi connectivity index (χ4n) is 1.30. The van der Waals surface area contributed by atoms with Gasteiger partial charge in [-0.25, -0.2) is 0 Å². The average Bonchev–Trinajstić information content (AvgIpc) is 2.28. The first-order valence-electron chi connectivity index (χ1n) is 4.71. The number of nitrogens with one attached hydrogen (secondary N) is 1. The molecular weight excluding hydrogens is 232 g/mol. The van der Waals surface area contributed by atoms with Crippen LogP contribution in [0.5, 0.6) is 0 Å². The standard InChI is InChI=1S/C10H11ClN2O3/c1-2-7-3-4-8(12-10(14)6-11)5-9(7)13(15)16/h3-5H,2,6H2,1H3,(H,12,14). The van der Waals surface area contributed by atoms with Crippen molar-refractivity contribution in [2.45, 2.75) is 13.3 Å². The van der Waals surface area contributed by atoms with Crippen LogP contribution in [0.3, 0.4) is 0 Å². The molecule has 1 N–H and O–H groups in total. The first-order valence-corrected chi connectivity index (χ1v) is 5.25. The number of amides is 1. The highest BCUT2D eigenvalue weighted by Gasteiger charge is 2.13. The summed E-state index contributed by atoms with van der Waals surface area (Å²) >= 11 is 5.32. The molecule has 0 spiro atoms. The van der Waals surface area contributed by atoms with Gasteiger partial charge in [0, 0.05) is 17.3 Å². The van der Waals surface area contributed by atoms with Crippen molar-refractivity contribution in [1.82, 2.24) is 0 Å². The molecule has 86 valence electrons. The van der Waals surface area contributed by atoms with Crippen LogP contribution in [0.4, 0.5) is 11.4 Å². The minimum absolute atomic E-state index is 0.00914. The largest absolute Gasteiger partial charge is 0.325 e. The van der Waals surface area contributed by atoms with Crippen molar-refractivity contribution in [3.63, 3.8) is 0 Å². The highest BCUT2D eigenvalue weighted by Crippen LogP contribution is 2.23. The SMILES string of the molecule is CCc1ccc(NC(=O)CCl)cc1[N+](=O)[O-]. The van der Waals surface area contributed by atoms with Crippen LogP contribution in [0, 0.1) is 10.1 Å². The zero-order valence-corrected chi connectivity index (χ0v) is 9.45. The van der Waals surface area contributed by atoms with Crippen molar-refractivity contribution >= 4 is 28.9 Å². The van der Waals surface area contributed by atoms with Gasteiger partial charge in [0.05, 0.1) is 4.92 Å². The van der Waals surface area contributed by atoms with E-state index >= 15 is 0 Å². The molecule has 16 heavy (non-hydrogen) atoms. The Balaban J connectivity index is 3.02. The van der Waals surface area contributed by atoms with Gasteiger partial charge in [-0.1, -0.05) is 13.0 Å². The average molecular weight is 243 g/mol. The number of rotatable bonds is 4. The molecule has 0 aliphatic carbocycles. The molecule has 0 radical (unpaired) electrons. The van der Waals surface area contributed by atoms with Gasteiger partial charge < -0.3 is 5.32 Å². The van der Waals surface area contributed by atoms with E-state index in [1.54, 1.807) is 12.1 Å². The number of anilines is 1. The quantitative estimate of drug-likeness (QED) is 0.500. The maximum atomic E-state index is 11.0. The zero-order chi connectivity index (χ0) is 12.1. The van der Waals surface area contributed by atoms with Crippen molar-refractivity contribution in [1.29, 1.82) is 0 Å². The summed E-state index contributed by atoms with van der Waals surface area (Å²) in [4.78, 5) is 21.3. The van der Waals surface area contributed by atoms with Crippen LogP contribution >= 0.6 is 11.6 Å². The monoisotopic (exact) mass is 242 g/mol. The number of carbonyl (C=O) groups excluding carboxylic acids is 1. The second kappa shape index (κ2) is 5.46. The highest BCUT2D eigenvalue weighted by atomic mass is 35.5. The van der Waals surface area contributed by atoms with E-state index < -0.39 is 4.92 Å². The topological polar surface area (TPSA) is 72.2 Å². The van der Waals surface area contributed by atoms with Crippen LogP contribution in [0.15, 0.2) is 18.2 Å². The number of aryl methyl sites for hydroxylation is 1. The summed E-state index contributed by atoms with van der Waals surface area (Å²) < 4.78 is 0. The molecule has 0 heterocycles. The third-order valence-electron chi connectivity index (χ3n) is 2.07. The van der Waals surface area contributed by atoms with Gasteiger partial charge in [0.15, 0.2) is 0 Å². The Morgan fingerprint density at radius 2 is 2.25 bits per heavy atom. The van der Waals surface area contributed by atoms with Crippen molar-refractivity contribution in [2.75, 3.05) is 11.2 Å². The van der Waals surface area contributed by atoms with E-state index in [0.29, 0.717) is 17.7 Å². The lowest BCUT2D eigenvalue weighted by molar-refractivity contribution is -0.385. The van der Waals surface area contributed by atoms with Crippen LogP contribution < -0.4 is 5.32 Å². The van der Waals surface area contributed by atoms with Gasteiger partial charge in [0.25, 0.3) is 5.69 Å². The number of halogens is 1. The van der Waals surface area contributed by atoms with Crippen LogP contribution in [-0.4, -0.2) is 16.7 Å². The predicted octanol–water partition coefficient (Wildman–Crippen LogP) is 2.33. The molecule has 0 aliphatic rings. The molecule has 0 unspecified atom stereocenters. The fraction of sp³-hybridized carbons (Fsp3) is 0.300. The minimum atomic E-state index is -0.463. The van der Waals surface area contributed by atoms with Gasteiger partial charge in [-0.3, -0.25) is 14.9 Å². The van der Waals surface area contributed by atoms with Gasteiger partial charge in [-0.2, -0.15) is 0 Å². The molecule has 5 nitrogen and oxygen atoms in total. The summed E-state index contributed by atoms with van der Waals surface area (Å²) in [6, 6.07) is 4.58. The number of nitro groups is 1. The van der Waals surface area contributed by atoms with Crippen LogP contribution in [0.2, 0.25) is 0 Å². The smallest absolute Gasteiger partial charge is 0.274 e. The third-order valence-corrected chi connectivity index (χ3v) is 2.31. The van der Waals surface area contributed by atoms with E-state index in [-0.39, 0.29) is 17.5 Å². The Hall–Kier alpha value is -1.62. The molecule has 0 aromatic heterocycles. The Morgan fingerprint density at radius 3 is 2.75 bits per heavy atom. The van der Waals surface area contributed by atoms with Gasteiger partial charge in [-0.15, -0.1) is 11.6 Å². The molecule has 1 amide bonds. The molecule has 0 saturated heterocycles. The predicted molar refractivity (Wildman–Crippen MR) is 61.8 cm³/mol. The number of hydrogen-bond donors (Lipinski definition) is 1. The van der Waals surface area contributed by atoms with E-state index in [9.17, 15) is 14.9 Å². The summed E-state index contributed by atoms with van der Waals surface area (Å²) in [5.74, 6) is -0.566. The highest BCUT2D eigenvalue weighted by molar-refractivity contribution is 6.29. The van der Waals surface area contributed by atoms with Crippen LogP contribution in [0.1, 0.15) is 12.5 Å². The number of nitrogens with zero attached hydrogens (tertiary/aromatic N) is 1. The molecule has 1 aromatic rings. The zero-order valence-electron chi connectivity index (χ0n) is 8.70. The third kappa shape index (κ3) is 2.93. The lowest BCUT2D eigenvalue weighted by Gasteiger charge is -2.05. The molecule has 1 rings (SSSR count). The normalized spacial score (nSPS) is 9.88. The van der Waals surface area contributed by atoms with E-state index in [2.05, 4.69) is 5.32 Å². The molecule has 0 bridgehead atoms. The van der Waals surface area contributed by atoms with Gasteiger partial charge in [-0.05, 0) is 12.5 Å². The summed E-state index contributed by atoms with van der Waals surface area (Å²) in [6.45, 7) is 1.83. The Kier molecular flexibility index (Phi) is 4.25. The second-order valence-corrected chi connectivity index (χ2v) is 3.40. The number of benzene rings is 1. The molecule has 0 saturated carbocycles. The van der Waals surface area contributed by atoms with Crippen molar-refractivity contribution in [3.8, 4) is 0 Å². The lowest BCUT2D eigenvalue weighted by Crippen LogP contribution is -2.12. The maximum absolute atomic E-state index is 11.0. The van der Waals surface area contributed by atoms with Gasteiger partial charge >= 0.3 is 0 Å². The molecule has 1 aromatic carbocycles. The lowest BCUT2D eigenvalue weighted by atomic mass is 10.1. The summed E-state index contributed by atoms with van der Waals surface area (Å²) in [6.07, 6.45) is 0.569. The second-order valence-electron chi connectivity index (χ2n) is 3.14. The van der Waals surface area contributed by atoms with Crippen LogP contribution in [0.25, 0.3) is 0 Å².